The molecule has 1 heterocycles. The smallest absolute Gasteiger partial charge is 0.412 e. The quantitative estimate of drug-likeness (QED) is 0.824. The van der Waals surface area contributed by atoms with Gasteiger partial charge in [0.05, 0.1) is 14.2 Å². The topological polar surface area (TPSA) is 103 Å². The molecule has 8 nitrogen and oxygen atoms in total. The lowest BCUT2D eigenvalue weighted by Crippen LogP contribution is -2.46. The van der Waals surface area contributed by atoms with E-state index >= 15 is 0 Å². The molecule has 1 aromatic heterocycles. The van der Waals surface area contributed by atoms with E-state index in [9.17, 15) is 9.59 Å². The molecule has 26 heavy (non-hydrogen) atoms. The average molecular weight is 367 g/mol. The van der Waals surface area contributed by atoms with E-state index in [4.69, 9.17) is 9.26 Å². The highest BCUT2D eigenvalue weighted by molar-refractivity contribution is 5.97. The largest absolute Gasteiger partial charge is 0.489 e. The van der Waals surface area contributed by atoms with Gasteiger partial charge in [-0.3, -0.25) is 10.1 Å². The van der Waals surface area contributed by atoms with Crippen molar-refractivity contribution in [2.45, 2.75) is 59.4 Å². The lowest BCUT2D eigenvalue weighted by molar-refractivity contribution is 0.0590. The summed E-state index contributed by atoms with van der Waals surface area (Å²) in [5, 5.41) is 9.08. The zero-order valence-electron chi connectivity index (χ0n) is 16.4. The molecule has 1 aliphatic rings. The zero-order valence-corrected chi connectivity index (χ0v) is 16.4. The van der Waals surface area contributed by atoms with Gasteiger partial charge in [0, 0.05) is 6.04 Å². The van der Waals surface area contributed by atoms with Crippen LogP contribution in [0.4, 0.5) is 10.6 Å². The summed E-state index contributed by atoms with van der Waals surface area (Å²) < 4.78 is 14.8. The van der Waals surface area contributed by atoms with Crippen molar-refractivity contribution in [3.63, 3.8) is 0 Å². The molecule has 0 aromatic carbocycles. The summed E-state index contributed by atoms with van der Waals surface area (Å²) in [6.45, 7) is 8.91. The number of ether oxygens (including phenoxy) is 2. The van der Waals surface area contributed by atoms with Gasteiger partial charge in [0.15, 0.2) is 0 Å². The summed E-state index contributed by atoms with van der Waals surface area (Å²) in [5.41, 5.74) is 0.326. The van der Waals surface area contributed by atoms with E-state index in [1.165, 1.54) is 14.2 Å². The molecule has 0 spiro atoms. The summed E-state index contributed by atoms with van der Waals surface area (Å²) in [6, 6.07) is 0.0306. The number of hydrogen-bond acceptors (Lipinski definition) is 6. The van der Waals surface area contributed by atoms with Gasteiger partial charge < -0.3 is 19.3 Å². The van der Waals surface area contributed by atoms with Gasteiger partial charge in [0.25, 0.3) is 11.7 Å². The average Bonchev–Trinajstić information content (AvgIpc) is 2.95. The van der Waals surface area contributed by atoms with Crippen molar-refractivity contribution >= 4 is 17.8 Å². The van der Waals surface area contributed by atoms with Crippen LogP contribution in [0.25, 0.3) is 0 Å². The van der Waals surface area contributed by atoms with Crippen LogP contribution in [0.15, 0.2) is 4.52 Å². The van der Waals surface area contributed by atoms with Crippen LogP contribution in [0.3, 0.4) is 0 Å². The van der Waals surface area contributed by atoms with Gasteiger partial charge in [-0.2, -0.15) is 0 Å². The first-order valence-corrected chi connectivity index (χ1v) is 8.82. The maximum atomic E-state index is 12.7. The molecular weight excluding hydrogens is 338 g/mol. The van der Waals surface area contributed by atoms with Crippen LogP contribution >= 0.6 is 0 Å². The van der Waals surface area contributed by atoms with Crippen molar-refractivity contribution in [1.29, 1.82) is 0 Å². The van der Waals surface area contributed by atoms with E-state index in [1.54, 1.807) is 0 Å². The molecular formula is C18H29N3O5. The third kappa shape index (κ3) is 4.47. The van der Waals surface area contributed by atoms with Crippen LogP contribution in [0, 0.1) is 10.8 Å². The number of nitrogens with one attached hydrogen (secondary N) is 2. The van der Waals surface area contributed by atoms with E-state index in [1.807, 2.05) is 0 Å². The number of carbonyl (C=O) groups excluding carboxylic acids is 2. The molecule has 146 valence electrons. The van der Waals surface area contributed by atoms with Crippen molar-refractivity contribution in [2.24, 2.45) is 10.8 Å². The first-order chi connectivity index (χ1) is 12.1. The molecule has 1 fully saturated rings. The van der Waals surface area contributed by atoms with Crippen LogP contribution in [-0.2, 0) is 4.74 Å². The molecule has 2 unspecified atom stereocenters. The summed E-state index contributed by atoms with van der Waals surface area (Å²) in [4.78, 5) is 24.1. The Morgan fingerprint density at radius 2 is 1.96 bits per heavy atom. The zero-order chi connectivity index (χ0) is 19.5. The van der Waals surface area contributed by atoms with Crippen LogP contribution in [0.2, 0.25) is 0 Å². The van der Waals surface area contributed by atoms with Crippen molar-refractivity contribution in [2.75, 3.05) is 19.5 Å². The molecule has 1 aliphatic carbocycles. The fourth-order valence-corrected chi connectivity index (χ4v) is 4.10. The molecule has 0 saturated heterocycles. The number of carbonyl (C=O) groups is 2. The predicted octanol–water partition coefficient (Wildman–Crippen LogP) is 3.59. The van der Waals surface area contributed by atoms with Crippen molar-refractivity contribution in [3.8, 4) is 5.75 Å². The Hall–Kier alpha value is -2.25. The normalized spacial score (nSPS) is 24.6. The second kappa shape index (κ2) is 7.55. The molecule has 8 heteroatoms. The van der Waals surface area contributed by atoms with E-state index in [2.05, 4.69) is 48.2 Å². The Labute approximate surface area is 154 Å². The minimum atomic E-state index is -0.726. The van der Waals surface area contributed by atoms with Crippen LogP contribution < -0.4 is 15.4 Å². The number of hydrogen-bond donors (Lipinski definition) is 2. The van der Waals surface area contributed by atoms with Crippen molar-refractivity contribution in [1.82, 2.24) is 10.5 Å². The summed E-state index contributed by atoms with van der Waals surface area (Å²) >= 11 is 0. The van der Waals surface area contributed by atoms with Gasteiger partial charge >= 0.3 is 6.09 Å². The Balaban J connectivity index is 2.15. The fourth-order valence-electron chi connectivity index (χ4n) is 4.10. The number of rotatable bonds is 5. The number of aromatic nitrogens is 1. The standard InChI is InChI=1S/C18H29N3O5/c1-7-18(4)9-11(8-17(2,3)10-18)19-15(22)13-12(24-5)14(21-26-13)20-16(23)25-6/h11H,7-10H2,1-6H3,(H,19,22)(H,20,21,23). The Kier molecular flexibility index (Phi) is 5.83. The molecule has 0 bridgehead atoms. The molecule has 0 aliphatic heterocycles. The van der Waals surface area contributed by atoms with Crippen LogP contribution in [0.5, 0.6) is 5.75 Å². The van der Waals surface area contributed by atoms with E-state index < -0.39 is 12.0 Å². The van der Waals surface area contributed by atoms with Crippen molar-refractivity contribution < 1.29 is 23.6 Å². The van der Waals surface area contributed by atoms with Gasteiger partial charge in [-0.05, 0) is 30.1 Å². The first-order valence-electron chi connectivity index (χ1n) is 8.82. The molecule has 1 saturated carbocycles. The molecule has 1 aromatic rings. The third-order valence-electron chi connectivity index (χ3n) is 5.10. The second-order valence-corrected chi connectivity index (χ2v) is 8.09. The molecule has 0 radical (unpaired) electrons. The summed E-state index contributed by atoms with van der Waals surface area (Å²) in [6.07, 6.45) is 3.25. The molecule has 2 N–H and O–H groups in total. The maximum absolute atomic E-state index is 12.7. The van der Waals surface area contributed by atoms with Crippen LogP contribution in [-0.4, -0.2) is 37.4 Å². The van der Waals surface area contributed by atoms with Gasteiger partial charge in [0.2, 0.25) is 11.6 Å². The van der Waals surface area contributed by atoms with Crippen LogP contribution in [0.1, 0.15) is 63.9 Å². The SMILES string of the molecule is CCC1(C)CC(NC(=O)c2onc(NC(=O)OC)c2OC)CC(C)(C)C1. The lowest BCUT2D eigenvalue weighted by Gasteiger charge is -2.46. The second-order valence-electron chi connectivity index (χ2n) is 8.09. The molecule has 2 amide bonds. The van der Waals surface area contributed by atoms with Gasteiger partial charge in [-0.15, -0.1) is 0 Å². The Bertz CT molecular complexity index is 670. The number of methoxy groups -OCH3 is 2. The van der Waals surface area contributed by atoms with Crippen molar-refractivity contribution in [3.05, 3.63) is 5.76 Å². The highest BCUT2D eigenvalue weighted by Gasteiger charge is 2.41. The molecule has 2 atom stereocenters. The maximum Gasteiger partial charge on any atom is 0.412 e. The Morgan fingerprint density at radius 3 is 2.54 bits per heavy atom. The van der Waals surface area contributed by atoms with E-state index in [0.29, 0.717) is 0 Å². The summed E-state index contributed by atoms with van der Waals surface area (Å²) in [7, 11) is 2.61. The third-order valence-corrected chi connectivity index (χ3v) is 5.10. The highest BCUT2D eigenvalue weighted by atomic mass is 16.5. The Morgan fingerprint density at radius 1 is 1.27 bits per heavy atom. The number of anilines is 1. The van der Waals surface area contributed by atoms with Gasteiger partial charge in [-0.25, -0.2) is 4.79 Å². The minimum absolute atomic E-state index is 0.00636. The number of amides is 2. The minimum Gasteiger partial charge on any atom is -0.489 e. The van der Waals surface area contributed by atoms with E-state index in [-0.39, 0.29) is 34.2 Å². The first kappa shape index (κ1) is 20.1. The van der Waals surface area contributed by atoms with Gasteiger partial charge in [0.1, 0.15) is 0 Å². The highest BCUT2D eigenvalue weighted by Crippen LogP contribution is 2.47. The lowest BCUT2D eigenvalue weighted by atomic mass is 9.61. The summed E-state index contributed by atoms with van der Waals surface area (Å²) in [5.74, 6) is -0.401. The molecule has 2 rings (SSSR count). The fraction of sp³-hybridized carbons (Fsp3) is 0.722. The van der Waals surface area contributed by atoms with Gasteiger partial charge in [-0.1, -0.05) is 39.3 Å². The monoisotopic (exact) mass is 367 g/mol. The number of nitrogens with zero attached hydrogens (tertiary/aromatic N) is 1. The van der Waals surface area contributed by atoms with E-state index in [0.717, 1.165) is 25.7 Å². The predicted molar refractivity (Wildman–Crippen MR) is 96.4 cm³/mol.